The Morgan fingerprint density at radius 1 is 1.38 bits per heavy atom. The summed E-state index contributed by atoms with van der Waals surface area (Å²) in [5, 5.41) is 3.30. The van der Waals surface area contributed by atoms with Crippen molar-refractivity contribution in [1.29, 1.82) is 0 Å². The van der Waals surface area contributed by atoms with Crippen molar-refractivity contribution in [2.24, 2.45) is 0 Å². The van der Waals surface area contributed by atoms with Crippen LogP contribution < -0.4 is 5.32 Å². The largest absolute Gasteiger partial charge is 0.385 e. The van der Waals surface area contributed by atoms with E-state index in [4.69, 9.17) is 14.2 Å². The Hall–Kier alpha value is -0.0700. The lowest BCUT2D eigenvalue weighted by molar-refractivity contribution is 0.193. The van der Waals surface area contributed by atoms with E-state index in [1.54, 1.807) is 7.11 Å². The normalized spacial score (nSPS) is 42.4. The van der Waals surface area contributed by atoms with Gasteiger partial charge in [0.2, 0.25) is 0 Å². The lowest BCUT2D eigenvalue weighted by Gasteiger charge is -2.01. The van der Waals surface area contributed by atoms with Gasteiger partial charge in [-0.25, -0.2) is 0 Å². The van der Waals surface area contributed by atoms with E-state index in [1.807, 2.05) is 11.8 Å². The SMILES string of the molecule is COCCCC/C=C1\SC2OC2NC2OC12. The van der Waals surface area contributed by atoms with Gasteiger partial charge in [-0.15, -0.1) is 0 Å². The van der Waals surface area contributed by atoms with E-state index in [0.717, 1.165) is 19.4 Å². The molecule has 4 nitrogen and oxygen atoms in total. The van der Waals surface area contributed by atoms with Gasteiger partial charge in [0.1, 0.15) is 24.0 Å². The summed E-state index contributed by atoms with van der Waals surface area (Å²) in [4.78, 5) is 1.35. The number of allylic oxidation sites excluding steroid dienone is 1. The lowest BCUT2D eigenvalue weighted by atomic mass is 10.2. The Morgan fingerprint density at radius 2 is 2.31 bits per heavy atom. The van der Waals surface area contributed by atoms with E-state index < -0.39 is 0 Å². The van der Waals surface area contributed by atoms with Crippen molar-refractivity contribution < 1.29 is 14.2 Å². The second-order valence-electron chi connectivity index (χ2n) is 4.28. The fourth-order valence-corrected chi connectivity index (χ4v) is 3.10. The van der Waals surface area contributed by atoms with Crippen molar-refractivity contribution >= 4 is 11.8 Å². The number of fused-ring (bicyclic) bond motifs is 2. The molecule has 4 unspecified atom stereocenters. The molecule has 0 spiro atoms. The van der Waals surface area contributed by atoms with Crippen LogP contribution in [0.2, 0.25) is 0 Å². The molecule has 5 heteroatoms. The van der Waals surface area contributed by atoms with Gasteiger partial charge in [0.05, 0.1) is 0 Å². The van der Waals surface area contributed by atoms with Gasteiger partial charge in [-0.05, 0) is 19.3 Å². The summed E-state index contributed by atoms with van der Waals surface area (Å²) >= 11 is 1.81. The zero-order valence-electron chi connectivity index (χ0n) is 9.35. The van der Waals surface area contributed by atoms with Gasteiger partial charge in [0, 0.05) is 18.6 Å². The van der Waals surface area contributed by atoms with Gasteiger partial charge in [-0.3, -0.25) is 5.32 Å². The average Bonchev–Trinajstić information content (AvgIpc) is 3.12. The van der Waals surface area contributed by atoms with E-state index >= 15 is 0 Å². The van der Waals surface area contributed by atoms with Crippen LogP contribution >= 0.6 is 11.8 Å². The van der Waals surface area contributed by atoms with E-state index in [0.29, 0.717) is 11.5 Å². The first-order valence-electron chi connectivity index (χ1n) is 5.81. The third-order valence-corrected chi connectivity index (χ3v) is 4.21. The van der Waals surface area contributed by atoms with Crippen LogP contribution in [0, 0.1) is 0 Å². The van der Waals surface area contributed by atoms with E-state index in [2.05, 4.69) is 11.4 Å². The van der Waals surface area contributed by atoms with Crippen LogP contribution in [0.15, 0.2) is 11.0 Å². The summed E-state index contributed by atoms with van der Waals surface area (Å²) in [6.07, 6.45) is 6.43. The lowest BCUT2D eigenvalue weighted by Crippen LogP contribution is -2.22. The number of methoxy groups -OCH3 is 1. The van der Waals surface area contributed by atoms with Crippen molar-refractivity contribution in [2.75, 3.05) is 13.7 Å². The van der Waals surface area contributed by atoms with Gasteiger partial charge in [-0.2, -0.15) is 0 Å². The number of rotatable bonds is 5. The minimum absolute atomic E-state index is 0.204. The molecule has 0 aromatic carbocycles. The smallest absolute Gasteiger partial charge is 0.149 e. The summed E-state index contributed by atoms with van der Waals surface area (Å²) in [7, 11) is 1.75. The molecule has 16 heavy (non-hydrogen) atoms. The highest BCUT2D eigenvalue weighted by atomic mass is 32.2. The third-order valence-electron chi connectivity index (χ3n) is 2.95. The summed E-state index contributed by atoms with van der Waals surface area (Å²) in [6.45, 7) is 0.855. The van der Waals surface area contributed by atoms with Crippen LogP contribution in [0.4, 0.5) is 0 Å². The number of hydrogen-bond donors (Lipinski definition) is 1. The van der Waals surface area contributed by atoms with Gasteiger partial charge in [0.25, 0.3) is 0 Å². The van der Waals surface area contributed by atoms with Crippen molar-refractivity contribution in [3.8, 4) is 0 Å². The number of unbranched alkanes of at least 4 members (excludes halogenated alkanes) is 2. The highest BCUT2D eigenvalue weighted by molar-refractivity contribution is 8.03. The van der Waals surface area contributed by atoms with Gasteiger partial charge >= 0.3 is 0 Å². The molecule has 0 amide bonds. The predicted octanol–water partition coefficient (Wildman–Crippen LogP) is 1.43. The van der Waals surface area contributed by atoms with Crippen molar-refractivity contribution in [3.05, 3.63) is 11.0 Å². The monoisotopic (exact) mass is 243 g/mol. The molecule has 0 radical (unpaired) electrons. The molecule has 0 aliphatic carbocycles. The highest BCUT2D eigenvalue weighted by Crippen LogP contribution is 2.47. The van der Waals surface area contributed by atoms with Crippen molar-refractivity contribution in [3.63, 3.8) is 0 Å². The van der Waals surface area contributed by atoms with Crippen molar-refractivity contribution in [1.82, 2.24) is 5.32 Å². The molecule has 0 aromatic rings. The molecule has 0 bridgehead atoms. The molecule has 3 heterocycles. The first-order chi connectivity index (χ1) is 7.88. The molecule has 1 N–H and O–H groups in total. The van der Waals surface area contributed by atoms with E-state index in [-0.39, 0.29) is 12.5 Å². The summed E-state index contributed by atoms with van der Waals surface area (Å²) in [6, 6.07) is 0. The molecular formula is C11H17NO3S. The Kier molecular flexibility index (Phi) is 3.22. The van der Waals surface area contributed by atoms with Crippen LogP contribution in [0.25, 0.3) is 0 Å². The van der Waals surface area contributed by atoms with Crippen LogP contribution in [-0.4, -0.2) is 37.7 Å². The Bertz CT molecular complexity index is 297. The Morgan fingerprint density at radius 3 is 3.19 bits per heavy atom. The quantitative estimate of drug-likeness (QED) is 0.584. The first-order valence-corrected chi connectivity index (χ1v) is 6.69. The minimum atomic E-state index is 0.204. The molecule has 3 saturated heterocycles. The first kappa shape index (κ1) is 11.0. The average molecular weight is 243 g/mol. The summed E-state index contributed by atoms with van der Waals surface area (Å²) in [5.74, 6) is 0. The summed E-state index contributed by atoms with van der Waals surface area (Å²) in [5.41, 5.74) is 0.321. The van der Waals surface area contributed by atoms with Crippen LogP contribution in [0.5, 0.6) is 0 Å². The topological polar surface area (TPSA) is 46.3 Å². The molecule has 90 valence electrons. The second-order valence-corrected chi connectivity index (χ2v) is 5.45. The van der Waals surface area contributed by atoms with Crippen LogP contribution in [0.3, 0.4) is 0 Å². The number of nitrogens with one attached hydrogen (secondary N) is 1. The van der Waals surface area contributed by atoms with Gasteiger partial charge in [-0.1, -0.05) is 17.8 Å². The maximum atomic E-state index is 5.54. The van der Waals surface area contributed by atoms with Crippen LogP contribution in [-0.2, 0) is 14.2 Å². The second kappa shape index (κ2) is 4.66. The Labute approximate surface area is 99.7 Å². The maximum Gasteiger partial charge on any atom is 0.149 e. The number of hydrogen-bond acceptors (Lipinski definition) is 5. The number of epoxide rings is 2. The fourth-order valence-electron chi connectivity index (χ4n) is 1.92. The third kappa shape index (κ3) is 2.43. The fraction of sp³-hybridized carbons (Fsp3) is 0.818. The number of thioether (sulfide) groups is 1. The van der Waals surface area contributed by atoms with E-state index in [1.165, 1.54) is 11.3 Å². The maximum absolute atomic E-state index is 5.54. The molecule has 3 aliphatic heterocycles. The standard InChI is InChI=1S/C11H17NO3S/c1-13-6-4-2-3-5-7-8-9(14-8)12-10-11(15-10)16-7/h5,8-12H,2-4,6H2,1H3/b7-5-. The molecule has 3 aliphatic rings. The molecular weight excluding hydrogens is 226 g/mol. The molecule has 4 atom stereocenters. The zero-order valence-corrected chi connectivity index (χ0v) is 10.2. The van der Waals surface area contributed by atoms with Gasteiger partial charge < -0.3 is 14.2 Å². The molecule has 0 saturated carbocycles. The molecule has 3 rings (SSSR count). The zero-order chi connectivity index (χ0) is 11.0. The Balaban J connectivity index is 1.47. The van der Waals surface area contributed by atoms with Gasteiger partial charge in [0.15, 0.2) is 0 Å². The van der Waals surface area contributed by atoms with Crippen molar-refractivity contribution in [2.45, 2.75) is 43.3 Å². The minimum Gasteiger partial charge on any atom is -0.385 e. The molecule has 0 aromatic heterocycles. The molecule has 3 fully saturated rings. The highest BCUT2D eigenvalue weighted by Gasteiger charge is 2.54. The predicted molar refractivity (Wildman–Crippen MR) is 61.9 cm³/mol. The summed E-state index contributed by atoms with van der Waals surface area (Å²) < 4.78 is 16.0. The van der Waals surface area contributed by atoms with Crippen LogP contribution in [0.1, 0.15) is 19.3 Å². The van der Waals surface area contributed by atoms with E-state index in [9.17, 15) is 0 Å². The number of ether oxygens (including phenoxy) is 3.